The van der Waals surface area contributed by atoms with Crippen molar-refractivity contribution in [2.24, 2.45) is 4.99 Å². The molecule has 0 aliphatic heterocycles. The number of aliphatic hydroxyl groups is 1. The predicted octanol–water partition coefficient (Wildman–Crippen LogP) is 4.45. The summed E-state index contributed by atoms with van der Waals surface area (Å²) in [7, 11) is 0. The van der Waals surface area contributed by atoms with Gasteiger partial charge in [0.15, 0.2) is 11.9 Å². The molecule has 1 heterocycles. The quantitative estimate of drug-likeness (QED) is 0.758. The molecule has 1 N–H and O–H groups in total. The highest BCUT2D eigenvalue weighted by molar-refractivity contribution is 7.13. The van der Waals surface area contributed by atoms with Crippen molar-refractivity contribution in [3.8, 4) is 16.3 Å². The van der Waals surface area contributed by atoms with Crippen LogP contribution in [0.2, 0.25) is 0 Å². The number of benzene rings is 1. The Labute approximate surface area is 137 Å². The number of aromatic nitrogens is 1. The van der Waals surface area contributed by atoms with Gasteiger partial charge in [-0.3, -0.25) is 4.99 Å². The predicted molar refractivity (Wildman–Crippen MR) is 88.0 cm³/mol. The average Bonchev–Trinajstić information content (AvgIpc) is 3.01. The number of nitrogens with zero attached hydrogens (tertiary/aromatic N) is 2. The Bertz CT molecular complexity index is 673. The van der Waals surface area contributed by atoms with E-state index in [0.717, 1.165) is 29.5 Å². The summed E-state index contributed by atoms with van der Waals surface area (Å²) >= 11 is 1.46. The first kappa shape index (κ1) is 17.5. The standard InChI is InChI=1S/C16H18F2N2O2S/c1-4-5-11-12(15-20-8-9-23-15)6-7-13(14(11)19-3)22-16(17,18)10(2)21/h6-10,21H,3-5H2,1-2H3. The molecule has 0 bridgehead atoms. The van der Waals surface area contributed by atoms with Crippen LogP contribution in [-0.4, -0.2) is 29.0 Å². The SMILES string of the molecule is C=Nc1c(OC(F)(F)C(C)O)ccc(-c2nccs2)c1CCC. The molecular formula is C16H18F2N2O2S. The van der Waals surface area contributed by atoms with Gasteiger partial charge in [-0.25, -0.2) is 4.98 Å². The fourth-order valence-electron chi connectivity index (χ4n) is 2.16. The minimum atomic E-state index is -3.70. The molecule has 1 unspecified atom stereocenters. The van der Waals surface area contributed by atoms with Gasteiger partial charge in [-0.1, -0.05) is 13.3 Å². The summed E-state index contributed by atoms with van der Waals surface area (Å²) in [5.41, 5.74) is 1.85. The van der Waals surface area contributed by atoms with E-state index >= 15 is 0 Å². The van der Waals surface area contributed by atoms with Gasteiger partial charge in [-0.15, -0.1) is 11.3 Å². The van der Waals surface area contributed by atoms with Crippen LogP contribution in [0.15, 0.2) is 28.7 Å². The van der Waals surface area contributed by atoms with Crippen LogP contribution >= 0.6 is 11.3 Å². The van der Waals surface area contributed by atoms with Gasteiger partial charge >= 0.3 is 6.11 Å². The van der Waals surface area contributed by atoms with E-state index < -0.39 is 12.2 Å². The van der Waals surface area contributed by atoms with Crippen LogP contribution in [0.1, 0.15) is 25.8 Å². The number of hydrogen-bond acceptors (Lipinski definition) is 5. The molecular weight excluding hydrogens is 322 g/mol. The third-order valence-electron chi connectivity index (χ3n) is 3.30. The highest BCUT2D eigenvalue weighted by Gasteiger charge is 2.39. The van der Waals surface area contributed by atoms with Crippen molar-refractivity contribution in [2.45, 2.75) is 38.9 Å². The Hall–Kier alpha value is -1.86. The summed E-state index contributed by atoms with van der Waals surface area (Å²) in [6.45, 7) is 6.43. The molecule has 23 heavy (non-hydrogen) atoms. The highest BCUT2D eigenvalue weighted by Crippen LogP contribution is 2.41. The van der Waals surface area contributed by atoms with E-state index in [4.69, 9.17) is 9.84 Å². The summed E-state index contributed by atoms with van der Waals surface area (Å²) in [6, 6.07) is 3.10. The highest BCUT2D eigenvalue weighted by atomic mass is 32.1. The molecule has 0 radical (unpaired) electrons. The smallest absolute Gasteiger partial charge is 0.424 e. The Morgan fingerprint density at radius 2 is 2.22 bits per heavy atom. The van der Waals surface area contributed by atoms with E-state index in [1.807, 2.05) is 12.3 Å². The Balaban J connectivity index is 2.54. The van der Waals surface area contributed by atoms with Crippen LogP contribution in [0.5, 0.6) is 5.75 Å². The third-order valence-corrected chi connectivity index (χ3v) is 4.11. The Kier molecular flexibility index (Phi) is 5.43. The van der Waals surface area contributed by atoms with Crippen molar-refractivity contribution < 1.29 is 18.6 Å². The monoisotopic (exact) mass is 340 g/mol. The number of aliphatic imine (C=N–C) groups is 1. The number of halogens is 2. The van der Waals surface area contributed by atoms with E-state index in [-0.39, 0.29) is 11.4 Å². The molecule has 0 aliphatic carbocycles. The molecule has 2 rings (SSSR count). The zero-order valence-corrected chi connectivity index (χ0v) is 13.7. The molecule has 7 heteroatoms. The first-order chi connectivity index (χ1) is 10.9. The first-order valence-corrected chi connectivity index (χ1v) is 8.06. The van der Waals surface area contributed by atoms with Crippen LogP contribution in [0.25, 0.3) is 10.6 Å². The van der Waals surface area contributed by atoms with Gasteiger partial charge < -0.3 is 9.84 Å². The first-order valence-electron chi connectivity index (χ1n) is 7.18. The number of alkyl halides is 2. The Morgan fingerprint density at radius 1 is 1.48 bits per heavy atom. The maximum absolute atomic E-state index is 13.7. The lowest BCUT2D eigenvalue weighted by atomic mass is 10.0. The second-order valence-corrected chi connectivity index (χ2v) is 5.92. The molecule has 2 aromatic rings. The maximum atomic E-state index is 13.7. The van der Waals surface area contributed by atoms with E-state index in [0.29, 0.717) is 6.42 Å². The molecule has 4 nitrogen and oxygen atoms in total. The molecule has 124 valence electrons. The molecule has 0 saturated carbocycles. The fraction of sp³-hybridized carbons (Fsp3) is 0.375. The zero-order valence-electron chi connectivity index (χ0n) is 12.9. The molecule has 1 atom stereocenters. The summed E-state index contributed by atoms with van der Waals surface area (Å²) in [5, 5.41) is 11.8. The third kappa shape index (κ3) is 3.73. The average molecular weight is 340 g/mol. The molecule has 0 spiro atoms. The lowest BCUT2D eigenvalue weighted by molar-refractivity contribution is -0.233. The van der Waals surface area contributed by atoms with Crippen LogP contribution in [-0.2, 0) is 6.42 Å². The van der Waals surface area contributed by atoms with E-state index in [1.165, 1.54) is 17.4 Å². The molecule has 0 saturated heterocycles. The topological polar surface area (TPSA) is 54.7 Å². The summed E-state index contributed by atoms with van der Waals surface area (Å²) in [4.78, 5) is 8.15. The van der Waals surface area contributed by atoms with Crippen molar-refractivity contribution in [2.75, 3.05) is 0 Å². The van der Waals surface area contributed by atoms with E-state index in [1.54, 1.807) is 12.3 Å². The largest absolute Gasteiger partial charge is 0.428 e. The molecule has 1 aromatic carbocycles. The zero-order chi connectivity index (χ0) is 17.0. The molecule has 0 amide bonds. The van der Waals surface area contributed by atoms with Crippen molar-refractivity contribution in [1.29, 1.82) is 0 Å². The van der Waals surface area contributed by atoms with Gasteiger partial charge in [0.2, 0.25) is 0 Å². The van der Waals surface area contributed by atoms with Crippen LogP contribution in [0.3, 0.4) is 0 Å². The van der Waals surface area contributed by atoms with Crippen LogP contribution in [0, 0.1) is 0 Å². The van der Waals surface area contributed by atoms with Crippen molar-refractivity contribution in [3.05, 3.63) is 29.3 Å². The number of hydrogen-bond donors (Lipinski definition) is 1. The van der Waals surface area contributed by atoms with Crippen molar-refractivity contribution in [3.63, 3.8) is 0 Å². The van der Waals surface area contributed by atoms with Gasteiger partial charge in [0.25, 0.3) is 0 Å². The van der Waals surface area contributed by atoms with Crippen LogP contribution < -0.4 is 4.74 Å². The number of rotatable bonds is 7. The van der Waals surface area contributed by atoms with Crippen LogP contribution in [0.4, 0.5) is 14.5 Å². The fourth-order valence-corrected chi connectivity index (χ4v) is 2.85. The number of aliphatic hydroxyl groups excluding tert-OH is 1. The lowest BCUT2D eigenvalue weighted by Crippen LogP contribution is -2.37. The van der Waals surface area contributed by atoms with Gasteiger partial charge in [-0.2, -0.15) is 8.78 Å². The molecule has 0 fully saturated rings. The second-order valence-electron chi connectivity index (χ2n) is 5.02. The minimum Gasteiger partial charge on any atom is -0.428 e. The van der Waals surface area contributed by atoms with Gasteiger partial charge in [0.05, 0.1) is 0 Å². The summed E-state index contributed by atoms with van der Waals surface area (Å²) < 4.78 is 32.1. The summed E-state index contributed by atoms with van der Waals surface area (Å²) in [6.07, 6.45) is -2.53. The molecule has 1 aromatic heterocycles. The van der Waals surface area contributed by atoms with Gasteiger partial charge in [0, 0.05) is 17.1 Å². The van der Waals surface area contributed by atoms with Gasteiger partial charge in [-0.05, 0) is 37.8 Å². The van der Waals surface area contributed by atoms with E-state index in [2.05, 4.69) is 16.7 Å². The van der Waals surface area contributed by atoms with Crippen molar-refractivity contribution >= 4 is 23.7 Å². The normalized spacial score (nSPS) is 12.9. The number of ether oxygens (including phenoxy) is 1. The lowest BCUT2D eigenvalue weighted by Gasteiger charge is -2.22. The van der Waals surface area contributed by atoms with E-state index in [9.17, 15) is 8.78 Å². The number of thiazole rings is 1. The summed E-state index contributed by atoms with van der Waals surface area (Å²) in [5.74, 6) is -0.102. The molecule has 0 aliphatic rings. The minimum absolute atomic E-state index is 0.102. The van der Waals surface area contributed by atoms with Crippen molar-refractivity contribution in [1.82, 2.24) is 4.98 Å². The maximum Gasteiger partial charge on any atom is 0.424 e. The second kappa shape index (κ2) is 7.14. The Morgan fingerprint density at radius 3 is 2.74 bits per heavy atom. The van der Waals surface area contributed by atoms with Gasteiger partial charge in [0.1, 0.15) is 10.7 Å².